The Bertz CT molecular complexity index is 1580. The maximum Gasteiger partial charge on any atom is 0.490 e. The SMILES string of the molecule is C[C@@H]1C[C@H](N2C(=O)C[C@@](C)(c3cccc(NC(=O)c4cnc5ccccc5c4)c3Cl)N=C2N)CCO1.O=C(O)C(F)(F)F. The topological polar surface area (TPSA) is 147 Å². The molecule has 1 fully saturated rings. The van der Waals surface area contributed by atoms with Crippen LogP contribution in [0.5, 0.6) is 0 Å². The molecular formula is C29H29ClF3N5O5. The first-order valence-electron chi connectivity index (χ1n) is 13.2. The summed E-state index contributed by atoms with van der Waals surface area (Å²) in [6, 6.07) is 14.6. The van der Waals surface area contributed by atoms with Crippen LogP contribution in [0.1, 0.15) is 49.0 Å². The fraction of sp³-hybridized carbons (Fsp3) is 0.345. The van der Waals surface area contributed by atoms with Gasteiger partial charge in [-0.2, -0.15) is 13.2 Å². The highest BCUT2D eigenvalue weighted by Gasteiger charge is 2.42. The Kier molecular flexibility index (Phi) is 9.26. The van der Waals surface area contributed by atoms with Crippen LogP contribution >= 0.6 is 11.6 Å². The molecule has 2 aliphatic heterocycles. The van der Waals surface area contributed by atoms with Gasteiger partial charge in [-0.25, -0.2) is 9.79 Å². The fourth-order valence-electron chi connectivity index (χ4n) is 5.04. The van der Waals surface area contributed by atoms with E-state index >= 15 is 0 Å². The summed E-state index contributed by atoms with van der Waals surface area (Å²) in [6.45, 7) is 4.41. The molecule has 2 aliphatic rings. The summed E-state index contributed by atoms with van der Waals surface area (Å²) in [4.78, 5) is 45.9. The van der Waals surface area contributed by atoms with Gasteiger partial charge in [0.25, 0.3) is 5.91 Å². The molecule has 5 rings (SSSR count). The average molecular weight is 620 g/mol. The molecule has 2 amide bonds. The minimum atomic E-state index is -5.08. The number of fused-ring (bicyclic) bond motifs is 1. The number of amides is 2. The van der Waals surface area contributed by atoms with Gasteiger partial charge in [-0.15, -0.1) is 0 Å². The number of carboxylic acid groups (broad SMARTS) is 1. The first-order chi connectivity index (χ1) is 20.2. The van der Waals surface area contributed by atoms with Crippen LogP contribution in [-0.4, -0.2) is 63.7 Å². The third-order valence-corrected chi connectivity index (χ3v) is 7.52. The van der Waals surface area contributed by atoms with Crippen LogP contribution in [0.4, 0.5) is 18.9 Å². The third-order valence-electron chi connectivity index (χ3n) is 7.12. The van der Waals surface area contributed by atoms with Gasteiger partial charge >= 0.3 is 12.1 Å². The predicted octanol–water partition coefficient (Wildman–Crippen LogP) is 5.10. The molecule has 43 heavy (non-hydrogen) atoms. The summed E-state index contributed by atoms with van der Waals surface area (Å²) in [5.74, 6) is -3.01. The number of alkyl halides is 3. The molecular weight excluding hydrogens is 591 g/mol. The number of halogens is 4. The van der Waals surface area contributed by atoms with E-state index in [1.54, 1.807) is 23.1 Å². The second kappa shape index (κ2) is 12.6. The first kappa shape index (κ1) is 31.7. The molecule has 1 aromatic heterocycles. The number of rotatable bonds is 4. The number of ether oxygens (including phenoxy) is 1. The smallest absolute Gasteiger partial charge is 0.475 e. The van der Waals surface area contributed by atoms with E-state index in [4.69, 9.17) is 37.0 Å². The molecule has 0 saturated carbocycles. The van der Waals surface area contributed by atoms with Crippen molar-refractivity contribution in [2.75, 3.05) is 11.9 Å². The quantitative estimate of drug-likeness (QED) is 0.368. The molecule has 2 aromatic carbocycles. The van der Waals surface area contributed by atoms with Crippen molar-refractivity contribution in [3.05, 3.63) is 70.9 Å². The van der Waals surface area contributed by atoms with Crippen LogP contribution in [0, 0.1) is 0 Å². The lowest BCUT2D eigenvalue weighted by Crippen LogP contribution is -2.56. The molecule has 3 heterocycles. The number of nitrogens with two attached hydrogens (primary N) is 1. The highest BCUT2D eigenvalue weighted by Crippen LogP contribution is 2.41. The number of nitrogens with one attached hydrogen (secondary N) is 1. The van der Waals surface area contributed by atoms with Crippen LogP contribution in [0.2, 0.25) is 5.02 Å². The van der Waals surface area contributed by atoms with Gasteiger partial charge in [-0.1, -0.05) is 41.9 Å². The molecule has 10 nitrogen and oxygen atoms in total. The zero-order valence-corrected chi connectivity index (χ0v) is 23.9. The van der Waals surface area contributed by atoms with Crippen molar-refractivity contribution in [2.24, 2.45) is 10.7 Å². The van der Waals surface area contributed by atoms with E-state index in [1.165, 1.54) is 6.20 Å². The summed E-state index contributed by atoms with van der Waals surface area (Å²) in [5.41, 5.74) is 7.65. The van der Waals surface area contributed by atoms with Crippen LogP contribution < -0.4 is 11.1 Å². The van der Waals surface area contributed by atoms with Gasteiger partial charge in [0.05, 0.1) is 39.9 Å². The Morgan fingerprint density at radius 1 is 1.21 bits per heavy atom. The summed E-state index contributed by atoms with van der Waals surface area (Å²) in [7, 11) is 0. The van der Waals surface area contributed by atoms with Gasteiger partial charge in [0.2, 0.25) is 5.91 Å². The number of carbonyl (C=O) groups excluding carboxylic acids is 2. The number of anilines is 1. The number of nitrogens with zero attached hydrogens (tertiary/aromatic N) is 3. The van der Waals surface area contributed by atoms with Gasteiger partial charge in [-0.3, -0.25) is 19.5 Å². The summed E-state index contributed by atoms with van der Waals surface area (Å²) in [5, 5.41) is 11.2. The second-order valence-corrected chi connectivity index (χ2v) is 10.8. The molecule has 0 unspecified atom stereocenters. The molecule has 3 aromatic rings. The van der Waals surface area contributed by atoms with Gasteiger partial charge in [0, 0.05) is 29.8 Å². The zero-order valence-electron chi connectivity index (χ0n) is 23.2. The van der Waals surface area contributed by atoms with Crippen LogP contribution in [0.25, 0.3) is 10.9 Å². The largest absolute Gasteiger partial charge is 0.490 e. The van der Waals surface area contributed by atoms with E-state index in [0.29, 0.717) is 34.9 Å². The lowest BCUT2D eigenvalue weighted by molar-refractivity contribution is -0.192. The van der Waals surface area contributed by atoms with Crippen molar-refractivity contribution in [3.8, 4) is 0 Å². The number of carbonyl (C=O) groups is 3. The number of hydrogen-bond donors (Lipinski definition) is 3. The molecule has 228 valence electrons. The molecule has 1 saturated heterocycles. The lowest BCUT2D eigenvalue weighted by atomic mass is 9.86. The summed E-state index contributed by atoms with van der Waals surface area (Å²) < 4.78 is 37.4. The van der Waals surface area contributed by atoms with E-state index in [-0.39, 0.29) is 36.3 Å². The highest BCUT2D eigenvalue weighted by molar-refractivity contribution is 6.35. The molecule has 0 aliphatic carbocycles. The minimum Gasteiger partial charge on any atom is -0.475 e. The van der Waals surface area contributed by atoms with E-state index in [2.05, 4.69) is 10.3 Å². The summed E-state index contributed by atoms with van der Waals surface area (Å²) >= 11 is 6.78. The lowest BCUT2D eigenvalue weighted by Gasteiger charge is -2.41. The van der Waals surface area contributed by atoms with Gasteiger partial charge in [0.15, 0.2) is 5.96 Å². The van der Waals surface area contributed by atoms with Gasteiger partial charge in [0.1, 0.15) is 0 Å². The van der Waals surface area contributed by atoms with Crippen molar-refractivity contribution in [2.45, 2.75) is 57.0 Å². The number of aromatic nitrogens is 1. The number of aliphatic imine (C=N–C) groups is 1. The van der Waals surface area contributed by atoms with Crippen molar-refractivity contribution < 1.29 is 37.4 Å². The second-order valence-electron chi connectivity index (χ2n) is 10.4. The van der Waals surface area contributed by atoms with Crippen LogP contribution in [-0.2, 0) is 19.9 Å². The maximum atomic E-state index is 13.3. The van der Waals surface area contributed by atoms with Crippen LogP contribution in [0.3, 0.4) is 0 Å². The van der Waals surface area contributed by atoms with Gasteiger partial charge in [-0.05, 0) is 44.9 Å². The van der Waals surface area contributed by atoms with E-state index in [9.17, 15) is 22.8 Å². The average Bonchev–Trinajstić information content (AvgIpc) is 2.93. The molecule has 0 bridgehead atoms. The van der Waals surface area contributed by atoms with Gasteiger partial charge < -0.3 is 20.9 Å². The zero-order chi connectivity index (χ0) is 31.5. The number of benzene rings is 2. The highest BCUT2D eigenvalue weighted by atomic mass is 35.5. The van der Waals surface area contributed by atoms with Crippen molar-refractivity contribution in [3.63, 3.8) is 0 Å². The molecule has 14 heteroatoms. The van der Waals surface area contributed by atoms with E-state index in [1.807, 2.05) is 44.2 Å². The third kappa shape index (κ3) is 7.23. The Morgan fingerprint density at radius 3 is 2.56 bits per heavy atom. The Labute approximate surface area is 249 Å². The minimum absolute atomic E-state index is 0.0359. The summed E-state index contributed by atoms with van der Waals surface area (Å²) in [6.07, 6.45) is -1.94. The normalized spacial score (nSPS) is 22.3. The van der Waals surface area contributed by atoms with E-state index < -0.39 is 17.7 Å². The standard InChI is InChI=1S/C27H28ClN5O3.C2HF3O2/c1-16-12-19(10-11-36-16)33-23(34)14-27(2,32-26(33)29)20-7-5-9-22(24(20)28)31-25(35)18-13-17-6-3-4-8-21(17)30-15-18;3-2(4,5)1(6)7/h3-9,13,15-16,19H,10-12,14H2,1-2H3,(H2,29,32)(H,31,35);(H,6,7)/t16-,19-,27+;/m1./s1. The predicted molar refractivity (Wildman–Crippen MR) is 154 cm³/mol. The number of aliphatic carboxylic acids is 1. The Hall–Kier alpha value is -4.23. The molecule has 4 N–H and O–H groups in total. The number of guanidine groups is 1. The van der Waals surface area contributed by atoms with E-state index in [0.717, 1.165) is 17.3 Å². The maximum absolute atomic E-state index is 13.3. The van der Waals surface area contributed by atoms with Crippen molar-refractivity contribution >= 4 is 51.9 Å². The monoisotopic (exact) mass is 619 g/mol. The first-order valence-corrected chi connectivity index (χ1v) is 13.6. The van der Waals surface area contributed by atoms with Crippen LogP contribution in [0.15, 0.2) is 59.7 Å². The van der Waals surface area contributed by atoms with Crippen molar-refractivity contribution in [1.82, 2.24) is 9.88 Å². The Morgan fingerprint density at radius 2 is 1.91 bits per heavy atom. The molecule has 0 radical (unpaired) electrons. The molecule has 0 spiro atoms. The number of hydrogen-bond acceptors (Lipinski definition) is 7. The number of carboxylic acids is 1. The number of pyridine rings is 1. The molecule has 3 atom stereocenters. The fourth-order valence-corrected chi connectivity index (χ4v) is 5.42. The van der Waals surface area contributed by atoms with Crippen molar-refractivity contribution in [1.29, 1.82) is 0 Å². The number of para-hydroxylation sites is 1. The Balaban J connectivity index is 0.000000541.